The first-order valence-electron chi connectivity index (χ1n) is 7.03. The van der Waals surface area contributed by atoms with E-state index in [1.807, 2.05) is 24.0 Å². The second-order valence-electron chi connectivity index (χ2n) is 4.93. The fourth-order valence-corrected chi connectivity index (χ4v) is 2.39. The minimum Gasteiger partial charge on any atom is -0.478 e. The van der Waals surface area contributed by atoms with Crippen molar-refractivity contribution < 1.29 is 13.5 Å². The van der Waals surface area contributed by atoms with Crippen molar-refractivity contribution in [1.82, 2.24) is 9.88 Å². The number of rotatable bonds is 6. The number of nitrogens with zero attached hydrogens (tertiary/aromatic N) is 2. The largest absolute Gasteiger partial charge is 0.478 e. The van der Waals surface area contributed by atoms with Crippen molar-refractivity contribution in [3.8, 4) is 5.88 Å². The second-order valence-corrected chi connectivity index (χ2v) is 4.93. The monoisotopic (exact) mass is 285 g/mol. The summed E-state index contributed by atoms with van der Waals surface area (Å²) < 4.78 is 29.9. The maximum Gasteiger partial charge on any atom is 0.251 e. The first-order valence-corrected chi connectivity index (χ1v) is 7.03. The summed E-state index contributed by atoms with van der Waals surface area (Å²) in [7, 11) is 0. The molecule has 1 aromatic rings. The average molecular weight is 285 g/mol. The Morgan fingerprint density at radius 1 is 1.40 bits per heavy atom. The van der Waals surface area contributed by atoms with Crippen molar-refractivity contribution >= 4 is 5.69 Å². The number of hydrogen-bond donors (Lipinski definition) is 1. The van der Waals surface area contributed by atoms with E-state index in [4.69, 9.17) is 4.74 Å². The molecule has 0 radical (unpaired) electrons. The molecule has 0 saturated carbocycles. The molecule has 6 heteroatoms. The molecule has 0 bridgehead atoms. The summed E-state index contributed by atoms with van der Waals surface area (Å²) in [6.07, 6.45) is 1.26. The summed E-state index contributed by atoms with van der Waals surface area (Å²) in [5.41, 5.74) is 0.945. The van der Waals surface area contributed by atoms with Crippen molar-refractivity contribution in [1.29, 1.82) is 0 Å². The summed E-state index contributed by atoms with van der Waals surface area (Å²) in [4.78, 5) is 6.01. The summed E-state index contributed by atoms with van der Waals surface area (Å²) in [6, 6.07) is 4.09. The topological polar surface area (TPSA) is 37.4 Å². The summed E-state index contributed by atoms with van der Waals surface area (Å²) >= 11 is 0. The Morgan fingerprint density at radius 2 is 2.15 bits per heavy atom. The van der Waals surface area contributed by atoms with Gasteiger partial charge in [0.2, 0.25) is 5.88 Å². The predicted octanol–water partition coefficient (Wildman–Crippen LogP) is 2.62. The van der Waals surface area contributed by atoms with Gasteiger partial charge in [-0.05, 0) is 25.8 Å². The number of anilines is 1. The molecule has 1 aliphatic heterocycles. The van der Waals surface area contributed by atoms with E-state index in [2.05, 4.69) is 10.3 Å². The highest BCUT2D eigenvalue weighted by molar-refractivity contribution is 5.43. The third-order valence-electron chi connectivity index (χ3n) is 3.38. The fourth-order valence-electron chi connectivity index (χ4n) is 2.39. The molecule has 1 aliphatic rings. The highest BCUT2D eigenvalue weighted by Gasteiger charge is 2.21. The van der Waals surface area contributed by atoms with Crippen molar-refractivity contribution in [2.75, 3.05) is 31.6 Å². The third kappa shape index (κ3) is 4.59. The van der Waals surface area contributed by atoms with Gasteiger partial charge < -0.3 is 10.1 Å². The number of piperidine rings is 1. The molecular weight excluding hydrogens is 264 g/mol. The van der Waals surface area contributed by atoms with Gasteiger partial charge in [0.15, 0.2) is 0 Å². The van der Waals surface area contributed by atoms with Gasteiger partial charge in [0, 0.05) is 25.2 Å². The molecule has 1 fully saturated rings. The highest BCUT2D eigenvalue weighted by atomic mass is 19.3. The van der Waals surface area contributed by atoms with Crippen molar-refractivity contribution in [2.45, 2.75) is 32.2 Å². The van der Waals surface area contributed by atoms with Gasteiger partial charge in [-0.25, -0.2) is 13.8 Å². The van der Waals surface area contributed by atoms with Gasteiger partial charge in [-0.1, -0.05) is 0 Å². The van der Waals surface area contributed by atoms with Crippen LogP contribution in [-0.4, -0.2) is 48.6 Å². The zero-order chi connectivity index (χ0) is 14.4. The molecule has 0 atom stereocenters. The lowest BCUT2D eigenvalue weighted by Crippen LogP contribution is -2.41. The Labute approximate surface area is 118 Å². The molecule has 2 heterocycles. The van der Waals surface area contributed by atoms with Gasteiger partial charge in [0.05, 0.1) is 25.0 Å². The molecule has 0 unspecified atom stereocenters. The predicted molar refractivity (Wildman–Crippen MR) is 74.5 cm³/mol. The Morgan fingerprint density at radius 3 is 2.70 bits per heavy atom. The van der Waals surface area contributed by atoms with Crippen LogP contribution in [0, 0.1) is 0 Å². The number of halogens is 2. The van der Waals surface area contributed by atoms with E-state index < -0.39 is 6.43 Å². The quantitative estimate of drug-likeness (QED) is 0.872. The normalized spacial score (nSPS) is 17.4. The van der Waals surface area contributed by atoms with E-state index in [-0.39, 0.29) is 6.54 Å². The molecule has 20 heavy (non-hydrogen) atoms. The maximum absolute atomic E-state index is 12.3. The standard InChI is InChI=1S/C14H21F2N3O/c1-2-20-14-4-3-12(9-17-14)18-11-5-7-19(8-6-11)10-13(15)16/h3-4,9,11,13,18H,2,5-8,10H2,1H3. The van der Waals surface area contributed by atoms with Crippen molar-refractivity contribution in [3.05, 3.63) is 18.3 Å². The first-order chi connectivity index (χ1) is 9.67. The summed E-state index contributed by atoms with van der Waals surface area (Å²) in [5, 5.41) is 3.39. The molecule has 1 aromatic heterocycles. The summed E-state index contributed by atoms with van der Waals surface area (Å²) in [6.45, 7) is 3.83. The third-order valence-corrected chi connectivity index (χ3v) is 3.38. The molecule has 0 amide bonds. The average Bonchev–Trinajstić information content (AvgIpc) is 2.43. The van der Waals surface area contributed by atoms with Crippen LogP contribution in [0.1, 0.15) is 19.8 Å². The minimum atomic E-state index is -2.24. The van der Waals surface area contributed by atoms with Gasteiger partial charge >= 0.3 is 0 Å². The van der Waals surface area contributed by atoms with Gasteiger partial charge in [-0.15, -0.1) is 0 Å². The van der Waals surface area contributed by atoms with Crippen molar-refractivity contribution in [2.24, 2.45) is 0 Å². The fraction of sp³-hybridized carbons (Fsp3) is 0.643. The van der Waals surface area contributed by atoms with Crippen LogP contribution in [0.3, 0.4) is 0 Å². The number of hydrogen-bond acceptors (Lipinski definition) is 4. The molecule has 112 valence electrons. The highest BCUT2D eigenvalue weighted by Crippen LogP contribution is 2.18. The number of aromatic nitrogens is 1. The molecule has 0 aliphatic carbocycles. The molecule has 1 N–H and O–H groups in total. The zero-order valence-corrected chi connectivity index (χ0v) is 11.7. The van der Waals surface area contributed by atoms with E-state index in [0.29, 0.717) is 31.6 Å². The lowest BCUT2D eigenvalue weighted by atomic mass is 10.0. The smallest absolute Gasteiger partial charge is 0.251 e. The SMILES string of the molecule is CCOc1ccc(NC2CCN(CC(F)F)CC2)cn1. The van der Waals surface area contributed by atoms with Gasteiger partial charge in [0.1, 0.15) is 0 Å². The molecule has 1 saturated heterocycles. The maximum atomic E-state index is 12.3. The lowest BCUT2D eigenvalue weighted by molar-refractivity contribution is 0.0769. The summed E-state index contributed by atoms with van der Waals surface area (Å²) in [5.74, 6) is 0.616. The number of ether oxygens (including phenoxy) is 1. The van der Waals surface area contributed by atoms with Crippen LogP contribution in [0.5, 0.6) is 5.88 Å². The number of nitrogens with one attached hydrogen (secondary N) is 1. The van der Waals surface area contributed by atoms with Crippen molar-refractivity contribution in [3.63, 3.8) is 0 Å². The Balaban J connectivity index is 1.77. The molecule has 0 spiro atoms. The first kappa shape index (κ1) is 15.0. The van der Waals surface area contributed by atoms with E-state index in [9.17, 15) is 8.78 Å². The Bertz CT molecular complexity index is 392. The van der Waals surface area contributed by atoms with Crippen LogP contribution in [0.15, 0.2) is 18.3 Å². The number of alkyl halides is 2. The van der Waals surface area contributed by atoms with Crippen LogP contribution in [0.2, 0.25) is 0 Å². The molecule has 2 rings (SSSR count). The van der Waals surface area contributed by atoms with Crippen LogP contribution in [-0.2, 0) is 0 Å². The number of likely N-dealkylation sites (tertiary alicyclic amines) is 1. The minimum absolute atomic E-state index is 0.114. The molecular formula is C14H21F2N3O. The Hall–Kier alpha value is -1.43. The van der Waals surface area contributed by atoms with Crippen LogP contribution < -0.4 is 10.1 Å². The van der Waals surface area contributed by atoms with E-state index in [0.717, 1.165) is 18.5 Å². The van der Waals surface area contributed by atoms with Gasteiger partial charge in [-0.3, -0.25) is 4.90 Å². The van der Waals surface area contributed by atoms with Gasteiger partial charge in [0.25, 0.3) is 6.43 Å². The van der Waals surface area contributed by atoms with Crippen LogP contribution >= 0.6 is 0 Å². The Kier molecular flexibility index (Phi) is 5.52. The second kappa shape index (κ2) is 7.38. The molecule has 4 nitrogen and oxygen atoms in total. The van der Waals surface area contributed by atoms with Gasteiger partial charge in [-0.2, -0.15) is 0 Å². The van der Waals surface area contributed by atoms with Crippen LogP contribution in [0.4, 0.5) is 14.5 Å². The van der Waals surface area contributed by atoms with E-state index in [1.54, 1.807) is 6.20 Å². The number of pyridine rings is 1. The van der Waals surface area contributed by atoms with E-state index >= 15 is 0 Å². The van der Waals surface area contributed by atoms with Crippen LogP contribution in [0.25, 0.3) is 0 Å². The molecule has 0 aromatic carbocycles. The van der Waals surface area contributed by atoms with E-state index in [1.165, 1.54) is 0 Å². The lowest BCUT2D eigenvalue weighted by Gasteiger charge is -2.32. The zero-order valence-electron chi connectivity index (χ0n) is 11.7.